The Morgan fingerprint density at radius 2 is 2.18 bits per heavy atom. The van der Waals surface area contributed by atoms with E-state index in [0.29, 0.717) is 12.4 Å². The van der Waals surface area contributed by atoms with Crippen LogP contribution in [0.4, 0.5) is 0 Å². The Hall–Kier alpha value is -1.42. The van der Waals surface area contributed by atoms with Gasteiger partial charge in [-0.15, -0.1) is 16.7 Å². The monoisotopic (exact) mass is 250 g/mol. The molecule has 2 aromatic heterocycles. The Labute approximate surface area is 106 Å². The largest absolute Gasteiger partial charge is 0.256 e. The summed E-state index contributed by atoms with van der Waals surface area (Å²) in [4.78, 5) is 4.43. The number of nitrogens with zero attached hydrogens (tertiary/aromatic N) is 4. The van der Waals surface area contributed by atoms with E-state index >= 15 is 0 Å². The third kappa shape index (κ3) is 3.53. The first kappa shape index (κ1) is 12.0. The van der Waals surface area contributed by atoms with Crippen LogP contribution in [0.5, 0.6) is 0 Å². The van der Waals surface area contributed by atoms with Crippen molar-refractivity contribution in [3.8, 4) is 0 Å². The quantitative estimate of drug-likeness (QED) is 0.764. The molecule has 5 heteroatoms. The average molecular weight is 251 g/mol. The van der Waals surface area contributed by atoms with Crippen LogP contribution in [0.15, 0.2) is 24.4 Å². The van der Waals surface area contributed by atoms with E-state index < -0.39 is 0 Å². The number of hydrogen-bond donors (Lipinski definition) is 0. The van der Waals surface area contributed by atoms with Crippen LogP contribution in [0.2, 0.25) is 0 Å². The molecule has 0 unspecified atom stereocenters. The van der Waals surface area contributed by atoms with Crippen molar-refractivity contribution in [3.05, 3.63) is 41.5 Å². The fraction of sp³-hybridized carbons (Fsp3) is 0.417. The summed E-state index contributed by atoms with van der Waals surface area (Å²) in [5.74, 6) is 0.659. The lowest BCUT2D eigenvalue weighted by Crippen LogP contribution is -2.03. The van der Waals surface area contributed by atoms with E-state index in [2.05, 4.69) is 15.3 Å². The lowest BCUT2D eigenvalue weighted by atomic mass is 10.3. The molecule has 0 spiro atoms. The van der Waals surface area contributed by atoms with E-state index in [1.807, 2.05) is 36.0 Å². The number of halogens is 1. The summed E-state index contributed by atoms with van der Waals surface area (Å²) in [6, 6.07) is 5.98. The minimum atomic E-state index is 0.659. The summed E-state index contributed by atoms with van der Waals surface area (Å²) in [6.45, 7) is 2.65. The Bertz CT molecular complexity index is 481. The number of aryl methyl sites for hydroxylation is 2. The second kappa shape index (κ2) is 5.77. The van der Waals surface area contributed by atoms with Crippen molar-refractivity contribution in [1.29, 1.82) is 0 Å². The Balaban J connectivity index is 2.01. The topological polar surface area (TPSA) is 43.6 Å². The molecule has 0 saturated heterocycles. The number of alkyl halides is 1. The first-order valence-corrected chi connectivity index (χ1v) is 6.19. The molecule has 0 amide bonds. The van der Waals surface area contributed by atoms with Gasteiger partial charge in [0.15, 0.2) is 0 Å². The zero-order valence-electron chi connectivity index (χ0n) is 9.80. The van der Waals surface area contributed by atoms with Gasteiger partial charge in [0, 0.05) is 17.8 Å². The predicted octanol–water partition coefficient (Wildman–Crippen LogP) is 2.20. The summed E-state index contributed by atoms with van der Waals surface area (Å²) in [5.41, 5.74) is 3.00. The van der Waals surface area contributed by atoms with E-state index in [9.17, 15) is 0 Å². The standard InChI is InChI=1S/C12H15ClN4/c1-10-4-2-5-11(14-10)8-17-9-12(15-16-17)6-3-7-13/h2,4-5,9H,3,6-8H2,1H3. The number of aromatic nitrogens is 4. The van der Waals surface area contributed by atoms with Gasteiger partial charge >= 0.3 is 0 Å². The molecule has 0 aliphatic carbocycles. The molecule has 0 atom stereocenters. The molecule has 0 aromatic carbocycles. The SMILES string of the molecule is Cc1cccc(Cn2cc(CCCCl)nn2)n1. The molecule has 0 fully saturated rings. The molecule has 2 rings (SSSR count). The van der Waals surface area contributed by atoms with Crippen molar-refractivity contribution in [2.75, 3.05) is 5.88 Å². The van der Waals surface area contributed by atoms with E-state index in [1.165, 1.54) is 0 Å². The average Bonchev–Trinajstić information content (AvgIpc) is 2.74. The Morgan fingerprint density at radius 1 is 1.29 bits per heavy atom. The summed E-state index contributed by atoms with van der Waals surface area (Å²) in [7, 11) is 0. The summed E-state index contributed by atoms with van der Waals surface area (Å²) >= 11 is 5.64. The summed E-state index contributed by atoms with van der Waals surface area (Å²) in [6.07, 6.45) is 3.77. The van der Waals surface area contributed by atoms with E-state index in [4.69, 9.17) is 11.6 Å². The normalized spacial score (nSPS) is 10.7. The zero-order chi connectivity index (χ0) is 12.1. The van der Waals surface area contributed by atoms with Crippen molar-refractivity contribution < 1.29 is 0 Å². The van der Waals surface area contributed by atoms with Crippen molar-refractivity contribution in [3.63, 3.8) is 0 Å². The molecular formula is C12H15ClN4. The summed E-state index contributed by atoms with van der Waals surface area (Å²) < 4.78 is 1.81. The maximum Gasteiger partial charge on any atom is 0.0849 e. The van der Waals surface area contributed by atoms with Crippen LogP contribution in [0.1, 0.15) is 23.5 Å². The number of hydrogen-bond acceptors (Lipinski definition) is 3. The molecule has 0 saturated carbocycles. The number of rotatable bonds is 5. The van der Waals surface area contributed by atoms with Gasteiger partial charge in [-0.05, 0) is 31.9 Å². The third-order valence-corrected chi connectivity index (χ3v) is 2.69. The number of pyridine rings is 1. The maximum absolute atomic E-state index is 5.64. The Kier molecular flexibility index (Phi) is 4.09. The fourth-order valence-corrected chi connectivity index (χ4v) is 1.77. The minimum absolute atomic E-state index is 0.659. The van der Waals surface area contributed by atoms with Crippen LogP contribution >= 0.6 is 11.6 Å². The lowest BCUT2D eigenvalue weighted by Gasteiger charge is -2.00. The van der Waals surface area contributed by atoms with E-state index in [0.717, 1.165) is 29.9 Å². The smallest absolute Gasteiger partial charge is 0.0849 e. The predicted molar refractivity (Wildman–Crippen MR) is 67.1 cm³/mol. The molecule has 0 radical (unpaired) electrons. The van der Waals surface area contributed by atoms with Gasteiger partial charge < -0.3 is 0 Å². The van der Waals surface area contributed by atoms with Gasteiger partial charge in [-0.25, -0.2) is 4.68 Å². The van der Waals surface area contributed by atoms with Crippen LogP contribution < -0.4 is 0 Å². The Morgan fingerprint density at radius 3 is 2.94 bits per heavy atom. The molecule has 0 aliphatic heterocycles. The first-order chi connectivity index (χ1) is 8.28. The second-order valence-electron chi connectivity index (χ2n) is 3.97. The van der Waals surface area contributed by atoms with Gasteiger partial charge in [0.2, 0.25) is 0 Å². The van der Waals surface area contributed by atoms with Gasteiger partial charge in [-0.3, -0.25) is 4.98 Å². The lowest BCUT2D eigenvalue weighted by molar-refractivity contribution is 0.637. The maximum atomic E-state index is 5.64. The first-order valence-electron chi connectivity index (χ1n) is 5.65. The van der Waals surface area contributed by atoms with Crippen molar-refractivity contribution in [2.45, 2.75) is 26.3 Å². The third-order valence-electron chi connectivity index (χ3n) is 2.42. The van der Waals surface area contributed by atoms with E-state index in [-0.39, 0.29) is 0 Å². The van der Waals surface area contributed by atoms with Crippen LogP contribution in [-0.4, -0.2) is 25.9 Å². The molecule has 17 heavy (non-hydrogen) atoms. The molecule has 2 aromatic rings. The fourth-order valence-electron chi connectivity index (χ4n) is 1.63. The van der Waals surface area contributed by atoms with Crippen molar-refractivity contribution >= 4 is 11.6 Å². The molecular weight excluding hydrogens is 236 g/mol. The minimum Gasteiger partial charge on any atom is -0.256 e. The second-order valence-corrected chi connectivity index (χ2v) is 4.35. The van der Waals surface area contributed by atoms with Gasteiger partial charge in [-0.1, -0.05) is 11.3 Å². The molecule has 0 bridgehead atoms. The highest BCUT2D eigenvalue weighted by Crippen LogP contribution is 2.03. The molecule has 2 heterocycles. The highest BCUT2D eigenvalue weighted by Gasteiger charge is 2.02. The highest BCUT2D eigenvalue weighted by atomic mass is 35.5. The van der Waals surface area contributed by atoms with Crippen molar-refractivity contribution in [1.82, 2.24) is 20.0 Å². The van der Waals surface area contributed by atoms with Gasteiger partial charge in [0.05, 0.1) is 17.9 Å². The van der Waals surface area contributed by atoms with Crippen LogP contribution in [0.25, 0.3) is 0 Å². The van der Waals surface area contributed by atoms with Gasteiger partial charge in [0.25, 0.3) is 0 Å². The zero-order valence-corrected chi connectivity index (χ0v) is 10.6. The van der Waals surface area contributed by atoms with Gasteiger partial charge in [0.1, 0.15) is 0 Å². The summed E-state index contributed by atoms with van der Waals surface area (Å²) in [5, 5.41) is 8.18. The molecule has 90 valence electrons. The molecule has 4 nitrogen and oxygen atoms in total. The van der Waals surface area contributed by atoms with Crippen molar-refractivity contribution in [2.24, 2.45) is 0 Å². The van der Waals surface area contributed by atoms with Gasteiger partial charge in [-0.2, -0.15) is 0 Å². The van der Waals surface area contributed by atoms with E-state index in [1.54, 1.807) is 0 Å². The highest BCUT2D eigenvalue weighted by molar-refractivity contribution is 6.17. The molecule has 0 N–H and O–H groups in total. The van der Waals surface area contributed by atoms with Crippen LogP contribution in [0.3, 0.4) is 0 Å². The molecule has 0 aliphatic rings. The van der Waals surface area contributed by atoms with Crippen LogP contribution in [0, 0.1) is 6.92 Å². The van der Waals surface area contributed by atoms with Crippen LogP contribution in [-0.2, 0) is 13.0 Å².